The molecule has 0 spiro atoms. The first-order valence-corrected chi connectivity index (χ1v) is 11.8. The fourth-order valence-corrected chi connectivity index (χ4v) is 5.68. The highest BCUT2D eigenvalue weighted by atomic mass is 32.2. The molecule has 0 bridgehead atoms. The number of sulfonamides is 1. The number of halogens is 1. The predicted molar refractivity (Wildman–Crippen MR) is 112 cm³/mol. The average Bonchev–Trinajstić information content (AvgIpc) is 3.23. The number of thioether (sulfide) groups is 1. The van der Waals surface area contributed by atoms with Gasteiger partial charge in [0.1, 0.15) is 5.82 Å². The first-order chi connectivity index (χ1) is 14.2. The summed E-state index contributed by atoms with van der Waals surface area (Å²) in [4.78, 5) is 27.4. The van der Waals surface area contributed by atoms with Gasteiger partial charge in [0, 0.05) is 18.0 Å². The van der Waals surface area contributed by atoms with E-state index in [0.29, 0.717) is 29.2 Å². The number of hydrogen-bond donors (Lipinski definition) is 2. The van der Waals surface area contributed by atoms with Crippen molar-refractivity contribution in [3.05, 3.63) is 47.8 Å². The zero-order chi connectivity index (χ0) is 21.5. The fourth-order valence-electron chi connectivity index (χ4n) is 3.47. The minimum Gasteiger partial charge on any atom is -0.341 e. The number of carbonyl (C=O) groups excluding carboxylic acids is 2. The van der Waals surface area contributed by atoms with Crippen LogP contribution in [0.4, 0.5) is 15.8 Å². The Balaban J connectivity index is 1.56. The lowest BCUT2D eigenvalue weighted by Gasteiger charge is -2.27. The van der Waals surface area contributed by atoms with Crippen LogP contribution in [0.15, 0.2) is 46.2 Å². The van der Waals surface area contributed by atoms with Gasteiger partial charge in [0.05, 0.1) is 16.3 Å². The number of anilines is 2. The first-order valence-electron chi connectivity index (χ1n) is 9.44. The van der Waals surface area contributed by atoms with Gasteiger partial charge >= 0.3 is 0 Å². The number of nitrogens with one attached hydrogen (secondary N) is 2. The molecule has 7 nitrogen and oxygen atoms in total. The van der Waals surface area contributed by atoms with E-state index in [1.165, 1.54) is 30.3 Å². The second kappa shape index (κ2) is 7.92. The molecule has 2 amide bonds. The number of benzene rings is 2. The zero-order valence-electron chi connectivity index (χ0n) is 16.1. The SMILES string of the molecule is Cc1cc(F)ccc1NS(=O)(=O)c1ccc2c(c1)NC(=O)C(C(=O)N1CCCC1)S2. The Kier molecular flexibility index (Phi) is 5.46. The van der Waals surface area contributed by atoms with E-state index in [0.717, 1.165) is 24.6 Å². The number of carbonyl (C=O) groups is 2. The summed E-state index contributed by atoms with van der Waals surface area (Å²) in [5.41, 5.74) is 1.06. The van der Waals surface area contributed by atoms with Gasteiger partial charge in [-0.1, -0.05) is 0 Å². The monoisotopic (exact) mass is 449 g/mol. The van der Waals surface area contributed by atoms with Gasteiger partial charge in [-0.25, -0.2) is 12.8 Å². The molecule has 0 aromatic heterocycles. The molecule has 158 valence electrons. The van der Waals surface area contributed by atoms with E-state index in [-0.39, 0.29) is 16.5 Å². The van der Waals surface area contributed by atoms with Crippen molar-refractivity contribution >= 4 is 45.0 Å². The van der Waals surface area contributed by atoms with Gasteiger partial charge in [-0.3, -0.25) is 14.3 Å². The molecule has 2 aliphatic rings. The summed E-state index contributed by atoms with van der Waals surface area (Å²) in [6.45, 7) is 2.91. The van der Waals surface area contributed by atoms with Gasteiger partial charge in [0.25, 0.3) is 10.0 Å². The zero-order valence-corrected chi connectivity index (χ0v) is 17.8. The molecular formula is C20H20FN3O4S2. The molecule has 30 heavy (non-hydrogen) atoms. The number of likely N-dealkylation sites (tertiary alicyclic amines) is 1. The molecule has 2 aromatic rings. The molecule has 2 aromatic carbocycles. The minimum absolute atomic E-state index is 0.0461. The van der Waals surface area contributed by atoms with Crippen LogP contribution in [-0.4, -0.2) is 43.5 Å². The lowest BCUT2D eigenvalue weighted by molar-refractivity contribution is -0.133. The third-order valence-corrected chi connectivity index (χ3v) is 7.70. The summed E-state index contributed by atoms with van der Waals surface area (Å²) in [7, 11) is -3.95. The van der Waals surface area contributed by atoms with Crippen LogP contribution in [0.25, 0.3) is 0 Å². The minimum atomic E-state index is -3.95. The molecule has 1 saturated heterocycles. The van der Waals surface area contributed by atoms with Crippen LogP contribution in [-0.2, 0) is 19.6 Å². The smallest absolute Gasteiger partial charge is 0.261 e. The molecule has 0 radical (unpaired) electrons. The van der Waals surface area contributed by atoms with E-state index < -0.39 is 27.0 Å². The van der Waals surface area contributed by atoms with Gasteiger partial charge in [-0.15, -0.1) is 11.8 Å². The Hall–Kier alpha value is -2.59. The molecule has 1 fully saturated rings. The van der Waals surface area contributed by atoms with Gasteiger partial charge in [0.2, 0.25) is 11.8 Å². The van der Waals surface area contributed by atoms with Crippen molar-refractivity contribution in [1.82, 2.24) is 4.90 Å². The van der Waals surface area contributed by atoms with E-state index in [2.05, 4.69) is 10.0 Å². The van der Waals surface area contributed by atoms with Crippen LogP contribution in [0.5, 0.6) is 0 Å². The maximum atomic E-state index is 13.3. The molecule has 0 aliphatic carbocycles. The average molecular weight is 450 g/mol. The number of nitrogens with zero attached hydrogens (tertiary/aromatic N) is 1. The van der Waals surface area contributed by atoms with Crippen molar-refractivity contribution in [3.8, 4) is 0 Å². The topological polar surface area (TPSA) is 95.6 Å². The van der Waals surface area contributed by atoms with Crippen molar-refractivity contribution in [2.75, 3.05) is 23.1 Å². The molecule has 1 unspecified atom stereocenters. The molecule has 2 aliphatic heterocycles. The lowest BCUT2D eigenvalue weighted by atomic mass is 10.2. The molecule has 1 atom stereocenters. The van der Waals surface area contributed by atoms with Crippen LogP contribution in [0, 0.1) is 12.7 Å². The van der Waals surface area contributed by atoms with Crippen LogP contribution in [0.3, 0.4) is 0 Å². The molecule has 2 N–H and O–H groups in total. The number of fused-ring (bicyclic) bond motifs is 1. The Morgan fingerprint density at radius 1 is 1.20 bits per heavy atom. The third kappa shape index (κ3) is 4.01. The van der Waals surface area contributed by atoms with Crippen molar-refractivity contribution in [2.45, 2.75) is 34.8 Å². The maximum Gasteiger partial charge on any atom is 0.261 e. The van der Waals surface area contributed by atoms with Gasteiger partial charge in [0.15, 0.2) is 5.25 Å². The van der Waals surface area contributed by atoms with Crippen LogP contribution >= 0.6 is 11.8 Å². The van der Waals surface area contributed by atoms with Crippen molar-refractivity contribution in [1.29, 1.82) is 0 Å². The van der Waals surface area contributed by atoms with E-state index in [1.54, 1.807) is 17.9 Å². The molecule has 2 heterocycles. The lowest BCUT2D eigenvalue weighted by Crippen LogP contribution is -2.43. The number of hydrogen-bond acceptors (Lipinski definition) is 5. The van der Waals surface area contributed by atoms with E-state index >= 15 is 0 Å². The normalized spacial score (nSPS) is 18.7. The second-order valence-corrected chi connectivity index (χ2v) is 10.1. The Morgan fingerprint density at radius 2 is 1.93 bits per heavy atom. The Labute approximate surface area is 178 Å². The molecular weight excluding hydrogens is 429 g/mol. The molecule has 10 heteroatoms. The van der Waals surface area contributed by atoms with Gasteiger partial charge < -0.3 is 10.2 Å². The Morgan fingerprint density at radius 3 is 2.63 bits per heavy atom. The van der Waals surface area contributed by atoms with Crippen molar-refractivity contribution in [2.24, 2.45) is 0 Å². The van der Waals surface area contributed by atoms with Crippen molar-refractivity contribution in [3.63, 3.8) is 0 Å². The molecule has 4 rings (SSSR count). The predicted octanol–water partition coefficient (Wildman–Crippen LogP) is 2.97. The van der Waals surface area contributed by atoms with E-state index in [1.807, 2.05) is 0 Å². The van der Waals surface area contributed by atoms with Gasteiger partial charge in [-0.05, 0) is 61.7 Å². The summed E-state index contributed by atoms with van der Waals surface area (Å²) >= 11 is 1.13. The van der Waals surface area contributed by atoms with E-state index in [4.69, 9.17) is 0 Å². The Bertz CT molecular complexity index is 1130. The summed E-state index contributed by atoms with van der Waals surface area (Å²) < 4.78 is 41.2. The summed E-state index contributed by atoms with van der Waals surface area (Å²) in [6, 6.07) is 8.12. The summed E-state index contributed by atoms with van der Waals surface area (Å²) in [5, 5.41) is 1.78. The first kappa shape index (κ1) is 20.7. The van der Waals surface area contributed by atoms with Crippen LogP contribution in [0.2, 0.25) is 0 Å². The highest BCUT2D eigenvalue weighted by Crippen LogP contribution is 2.38. The van der Waals surface area contributed by atoms with E-state index in [9.17, 15) is 22.4 Å². The van der Waals surface area contributed by atoms with Crippen LogP contribution < -0.4 is 10.0 Å². The maximum absolute atomic E-state index is 13.3. The third-order valence-electron chi connectivity index (χ3n) is 5.08. The second-order valence-electron chi connectivity index (χ2n) is 7.24. The number of rotatable bonds is 4. The van der Waals surface area contributed by atoms with Gasteiger partial charge in [-0.2, -0.15) is 0 Å². The fraction of sp³-hybridized carbons (Fsp3) is 0.300. The standard InChI is InChI=1S/C20H20FN3O4S2/c1-12-10-13(21)4-6-15(12)23-30(27,28)14-5-7-17-16(11-14)22-19(25)18(29-17)20(26)24-8-2-3-9-24/h4-7,10-11,18,23H,2-3,8-9H2,1H3,(H,22,25). The number of aryl methyl sites for hydroxylation is 1. The number of amides is 2. The quantitative estimate of drug-likeness (QED) is 0.700. The molecule has 0 saturated carbocycles. The summed E-state index contributed by atoms with van der Waals surface area (Å²) in [6.07, 6.45) is 1.87. The highest BCUT2D eigenvalue weighted by Gasteiger charge is 2.37. The van der Waals surface area contributed by atoms with Crippen molar-refractivity contribution < 1.29 is 22.4 Å². The largest absolute Gasteiger partial charge is 0.341 e. The summed E-state index contributed by atoms with van der Waals surface area (Å²) in [5.74, 6) is -1.13. The van der Waals surface area contributed by atoms with Crippen LogP contribution in [0.1, 0.15) is 18.4 Å². The highest BCUT2D eigenvalue weighted by molar-refractivity contribution is 8.01.